The summed E-state index contributed by atoms with van der Waals surface area (Å²) in [5, 5.41) is 13.0. The van der Waals surface area contributed by atoms with Crippen molar-refractivity contribution in [1.82, 2.24) is 10.2 Å². The molecule has 0 spiro atoms. The fourth-order valence-electron chi connectivity index (χ4n) is 2.69. The number of halogens is 2. The highest BCUT2D eigenvalue weighted by Gasteiger charge is 2.37. The van der Waals surface area contributed by atoms with Crippen LogP contribution in [-0.2, 0) is 5.54 Å². The Morgan fingerprint density at radius 1 is 1.26 bits per heavy atom. The third-order valence-corrected chi connectivity index (χ3v) is 3.85. The van der Waals surface area contributed by atoms with Crippen LogP contribution >= 0.6 is 0 Å². The van der Waals surface area contributed by atoms with Crippen molar-refractivity contribution in [2.45, 2.75) is 18.9 Å². The van der Waals surface area contributed by atoms with Crippen molar-refractivity contribution < 1.29 is 13.9 Å². The number of benzene rings is 1. The monoisotopic (exact) mass is 270 g/mol. The lowest BCUT2D eigenvalue weighted by Gasteiger charge is -2.40. The molecule has 1 aliphatic rings. The highest BCUT2D eigenvalue weighted by Crippen LogP contribution is 2.32. The molecule has 19 heavy (non-hydrogen) atoms. The van der Waals surface area contributed by atoms with E-state index in [0.29, 0.717) is 13.1 Å². The van der Waals surface area contributed by atoms with Gasteiger partial charge < -0.3 is 10.4 Å². The molecule has 1 heterocycles. The summed E-state index contributed by atoms with van der Waals surface area (Å²) < 4.78 is 28.0. The molecule has 3 nitrogen and oxygen atoms in total. The first-order valence-corrected chi connectivity index (χ1v) is 6.60. The molecular weight excluding hydrogens is 250 g/mol. The Morgan fingerprint density at radius 2 is 1.95 bits per heavy atom. The van der Waals surface area contributed by atoms with Gasteiger partial charge in [0.05, 0.1) is 12.1 Å². The van der Waals surface area contributed by atoms with Gasteiger partial charge in [-0.1, -0.05) is 6.07 Å². The van der Waals surface area contributed by atoms with Gasteiger partial charge in [0.2, 0.25) is 0 Å². The molecule has 0 aromatic heterocycles. The van der Waals surface area contributed by atoms with E-state index in [0.717, 1.165) is 19.5 Å². The van der Waals surface area contributed by atoms with E-state index in [1.54, 1.807) is 6.92 Å². The van der Waals surface area contributed by atoms with E-state index in [9.17, 15) is 13.9 Å². The maximum atomic E-state index is 14.0. The number of aliphatic hydroxyl groups excluding tert-OH is 1. The third-order valence-electron chi connectivity index (χ3n) is 3.85. The van der Waals surface area contributed by atoms with Crippen LogP contribution in [0, 0.1) is 11.6 Å². The lowest BCUT2D eigenvalue weighted by Crippen LogP contribution is -2.49. The third kappa shape index (κ3) is 2.78. The fraction of sp³-hybridized carbons (Fsp3) is 0.571. The molecule has 1 saturated heterocycles. The van der Waals surface area contributed by atoms with E-state index in [-0.39, 0.29) is 12.2 Å². The molecule has 0 radical (unpaired) electrons. The Morgan fingerprint density at radius 3 is 2.58 bits per heavy atom. The Kier molecular flexibility index (Phi) is 4.50. The van der Waals surface area contributed by atoms with E-state index < -0.39 is 17.2 Å². The van der Waals surface area contributed by atoms with Crippen LogP contribution in [-0.4, -0.2) is 42.8 Å². The van der Waals surface area contributed by atoms with E-state index in [2.05, 4.69) is 5.32 Å². The molecule has 0 bridgehead atoms. The second kappa shape index (κ2) is 5.94. The first-order valence-electron chi connectivity index (χ1n) is 6.60. The van der Waals surface area contributed by atoms with Gasteiger partial charge in [0.1, 0.15) is 11.6 Å². The molecule has 0 aliphatic carbocycles. The first-order chi connectivity index (χ1) is 9.09. The standard InChI is InChI=1S/C14H20F2N2O/c1-14(10-19,18-8-3-6-17-7-9-18)13-11(15)4-2-5-12(13)16/h2,4-5,17,19H,3,6-10H2,1H3. The summed E-state index contributed by atoms with van der Waals surface area (Å²) in [5.74, 6) is -1.21. The highest BCUT2D eigenvalue weighted by atomic mass is 19.1. The molecule has 2 rings (SSSR count). The summed E-state index contributed by atoms with van der Waals surface area (Å²) >= 11 is 0. The summed E-state index contributed by atoms with van der Waals surface area (Å²) in [7, 11) is 0. The van der Waals surface area contributed by atoms with Crippen LogP contribution in [0.1, 0.15) is 18.9 Å². The van der Waals surface area contributed by atoms with Gasteiger partial charge in [0.25, 0.3) is 0 Å². The summed E-state index contributed by atoms with van der Waals surface area (Å²) in [6.45, 7) is 4.39. The second-order valence-electron chi connectivity index (χ2n) is 5.12. The van der Waals surface area contributed by atoms with E-state index in [1.165, 1.54) is 18.2 Å². The first kappa shape index (κ1) is 14.4. The van der Waals surface area contributed by atoms with Crippen LogP contribution in [0.4, 0.5) is 8.78 Å². The van der Waals surface area contributed by atoms with Gasteiger partial charge in [-0.3, -0.25) is 4.90 Å². The molecule has 2 N–H and O–H groups in total. The number of hydrogen-bond acceptors (Lipinski definition) is 3. The van der Waals surface area contributed by atoms with Crippen molar-refractivity contribution in [2.24, 2.45) is 0 Å². The maximum Gasteiger partial charge on any atom is 0.131 e. The number of rotatable bonds is 3. The number of nitrogens with one attached hydrogen (secondary N) is 1. The zero-order valence-electron chi connectivity index (χ0n) is 11.1. The van der Waals surface area contributed by atoms with Crippen LogP contribution < -0.4 is 5.32 Å². The average Bonchev–Trinajstić information content (AvgIpc) is 2.67. The average molecular weight is 270 g/mol. The Labute approximate surface area is 112 Å². The van der Waals surface area contributed by atoms with Crippen molar-refractivity contribution in [3.63, 3.8) is 0 Å². The summed E-state index contributed by atoms with van der Waals surface area (Å²) in [6, 6.07) is 3.82. The van der Waals surface area contributed by atoms with Gasteiger partial charge in [-0.2, -0.15) is 0 Å². The van der Waals surface area contributed by atoms with Crippen molar-refractivity contribution in [3.05, 3.63) is 35.4 Å². The highest BCUT2D eigenvalue weighted by molar-refractivity contribution is 5.28. The number of nitrogens with zero attached hydrogens (tertiary/aromatic N) is 1. The predicted octanol–water partition coefficient (Wildman–Crippen LogP) is 1.47. The van der Waals surface area contributed by atoms with Crippen molar-refractivity contribution in [2.75, 3.05) is 32.8 Å². The fourth-order valence-corrected chi connectivity index (χ4v) is 2.69. The van der Waals surface area contributed by atoms with Crippen LogP contribution in [0.3, 0.4) is 0 Å². The molecule has 1 aromatic carbocycles. The van der Waals surface area contributed by atoms with Gasteiger partial charge in [0, 0.05) is 25.2 Å². The minimum atomic E-state index is -1.03. The minimum absolute atomic E-state index is 0.0422. The molecule has 1 fully saturated rings. The number of aliphatic hydroxyl groups is 1. The van der Waals surface area contributed by atoms with Crippen LogP contribution in [0.15, 0.2) is 18.2 Å². The lowest BCUT2D eigenvalue weighted by molar-refractivity contribution is 0.0394. The van der Waals surface area contributed by atoms with Crippen molar-refractivity contribution >= 4 is 0 Å². The Balaban J connectivity index is 2.40. The second-order valence-corrected chi connectivity index (χ2v) is 5.12. The molecule has 5 heteroatoms. The van der Waals surface area contributed by atoms with Crippen LogP contribution in [0.25, 0.3) is 0 Å². The Bertz CT molecular complexity index is 413. The van der Waals surface area contributed by atoms with Gasteiger partial charge in [-0.15, -0.1) is 0 Å². The minimum Gasteiger partial charge on any atom is -0.394 e. The van der Waals surface area contributed by atoms with Crippen LogP contribution in [0.2, 0.25) is 0 Å². The van der Waals surface area contributed by atoms with Gasteiger partial charge in [0.15, 0.2) is 0 Å². The molecule has 106 valence electrons. The Hall–Kier alpha value is -1.04. The van der Waals surface area contributed by atoms with Crippen molar-refractivity contribution in [3.8, 4) is 0 Å². The smallest absolute Gasteiger partial charge is 0.131 e. The molecule has 1 unspecified atom stereocenters. The van der Waals surface area contributed by atoms with Gasteiger partial charge in [-0.05, 0) is 32.0 Å². The normalized spacial score (nSPS) is 20.8. The van der Waals surface area contributed by atoms with E-state index in [1.807, 2.05) is 4.90 Å². The van der Waals surface area contributed by atoms with Crippen LogP contribution in [0.5, 0.6) is 0 Å². The molecule has 0 saturated carbocycles. The molecular formula is C14H20F2N2O. The van der Waals surface area contributed by atoms with E-state index >= 15 is 0 Å². The summed E-state index contributed by atoms with van der Waals surface area (Å²) in [6.07, 6.45) is 0.895. The SMILES string of the molecule is CC(CO)(c1c(F)cccc1F)N1CCCNCC1. The summed E-state index contributed by atoms with van der Waals surface area (Å²) in [4.78, 5) is 1.95. The van der Waals surface area contributed by atoms with Crippen molar-refractivity contribution in [1.29, 1.82) is 0 Å². The topological polar surface area (TPSA) is 35.5 Å². The molecule has 0 amide bonds. The summed E-state index contributed by atoms with van der Waals surface area (Å²) in [5.41, 5.74) is -1.07. The van der Waals surface area contributed by atoms with Gasteiger partial charge >= 0.3 is 0 Å². The zero-order chi connectivity index (χ0) is 13.9. The van der Waals surface area contributed by atoms with E-state index in [4.69, 9.17) is 0 Å². The zero-order valence-corrected chi connectivity index (χ0v) is 11.1. The molecule has 1 aliphatic heterocycles. The molecule has 1 atom stereocenters. The maximum absolute atomic E-state index is 14.0. The predicted molar refractivity (Wildman–Crippen MR) is 69.9 cm³/mol. The largest absolute Gasteiger partial charge is 0.394 e. The van der Waals surface area contributed by atoms with Gasteiger partial charge in [-0.25, -0.2) is 8.78 Å². The quantitative estimate of drug-likeness (QED) is 0.873. The number of hydrogen-bond donors (Lipinski definition) is 2. The molecule has 1 aromatic rings. The lowest BCUT2D eigenvalue weighted by atomic mass is 9.89.